The summed E-state index contributed by atoms with van der Waals surface area (Å²) in [6.45, 7) is 3.85. The van der Waals surface area contributed by atoms with E-state index in [0.29, 0.717) is 11.5 Å². The number of halogens is 2. The molecule has 17 nitrogen and oxygen atoms in total. The van der Waals surface area contributed by atoms with E-state index in [1.165, 1.54) is 9.80 Å². The van der Waals surface area contributed by atoms with Crippen molar-refractivity contribution in [3.8, 4) is 11.5 Å². The number of quaternary nitrogens is 1. The first-order valence-corrected chi connectivity index (χ1v) is 24.2. The van der Waals surface area contributed by atoms with E-state index >= 15 is 0 Å². The third-order valence-corrected chi connectivity index (χ3v) is 14.9. The number of rotatable bonds is 16. The molecule has 342 valence electrons. The smallest absolute Gasteiger partial charge is 0.274 e. The summed E-state index contributed by atoms with van der Waals surface area (Å²) < 4.78 is 59.1. The number of carbonyl (C=O) groups excluding carboxylic acids is 3. The van der Waals surface area contributed by atoms with Gasteiger partial charge in [0.15, 0.2) is 55.4 Å². The van der Waals surface area contributed by atoms with E-state index in [0.717, 1.165) is 80.3 Å². The minimum atomic E-state index is -3.08. The number of ether oxygens (including phenoxy) is 2. The maximum absolute atomic E-state index is 13.3. The van der Waals surface area contributed by atoms with Gasteiger partial charge in [-0.25, -0.2) is 26.8 Å². The molecule has 62 heavy (non-hydrogen) atoms. The molecule has 3 aliphatic heterocycles. The molecule has 0 saturated carbocycles. The van der Waals surface area contributed by atoms with Crippen molar-refractivity contribution in [3.05, 3.63) is 70.5 Å². The van der Waals surface area contributed by atoms with Gasteiger partial charge >= 0.3 is 0 Å². The minimum Gasteiger partial charge on any atom is -1.00 e. The highest BCUT2D eigenvalue weighted by atomic mass is 35.5. The van der Waals surface area contributed by atoms with E-state index in [1.54, 1.807) is 0 Å². The Morgan fingerprint density at radius 2 is 1.19 bits per heavy atom. The number of nitrogens with one attached hydrogen (secondary N) is 1. The van der Waals surface area contributed by atoms with Crippen molar-refractivity contribution in [2.45, 2.75) is 52.0 Å². The first-order valence-electron chi connectivity index (χ1n) is 20.2. The molecule has 0 aliphatic carbocycles. The lowest BCUT2D eigenvalue weighted by atomic mass is 9.99. The van der Waals surface area contributed by atoms with Gasteiger partial charge in [-0.05, 0) is 61.1 Å². The number of piperidine rings is 1. The fraction of sp³-hybridized carbons (Fsp3) is 0.537. The second-order valence-electron chi connectivity index (χ2n) is 15.8. The zero-order valence-corrected chi connectivity index (χ0v) is 37.1. The van der Waals surface area contributed by atoms with Crippen LogP contribution in [0.4, 0.5) is 11.6 Å². The predicted molar refractivity (Wildman–Crippen MR) is 234 cm³/mol. The Kier molecular flexibility index (Phi) is 18.0. The molecule has 0 spiro atoms. The maximum atomic E-state index is 13.3. The standard InChI is InChI=1S/C40H53ClN8O9S2.CH4.ClH/c41-37-39(43)46-38(42)36(45-37)40(52)44-31-6-3-21-49(26-31,19-1-4-29-7-11-32(12-8-29)57-27-34(50)47-15-22-59(53,54)23-16-47)20-2-5-30-9-13-33(14-10-30)58-28-35(51)48-17-24-60(55,56)25-18-48;;/h7-14,31H,1-6,15-28H2,(H4-,42,43,44,46,52);1H4;1H/t31-;;/m0../s1. The number of carbonyl (C=O) groups is 3. The Balaban J connectivity index is 0.00000422. The number of benzene rings is 2. The van der Waals surface area contributed by atoms with Crippen LogP contribution in [0.1, 0.15) is 54.7 Å². The van der Waals surface area contributed by atoms with E-state index in [9.17, 15) is 31.2 Å². The molecule has 3 amide bonds. The molecule has 4 heterocycles. The number of amides is 3. The average molecular weight is 942 g/mol. The zero-order valence-electron chi connectivity index (χ0n) is 34.0. The summed E-state index contributed by atoms with van der Waals surface area (Å²) >= 11 is 6.07. The van der Waals surface area contributed by atoms with Crippen LogP contribution in [0.2, 0.25) is 5.15 Å². The summed E-state index contributed by atoms with van der Waals surface area (Å²) in [5.41, 5.74) is 13.9. The van der Waals surface area contributed by atoms with Crippen LogP contribution in [-0.4, -0.2) is 153 Å². The third kappa shape index (κ3) is 14.3. The maximum Gasteiger partial charge on any atom is 0.274 e. The molecule has 0 radical (unpaired) electrons. The summed E-state index contributed by atoms with van der Waals surface area (Å²) in [6.07, 6.45) is 5.11. The summed E-state index contributed by atoms with van der Waals surface area (Å²) in [5.74, 6) is -0.0380. The van der Waals surface area contributed by atoms with E-state index < -0.39 is 25.6 Å². The van der Waals surface area contributed by atoms with E-state index in [-0.39, 0.29) is 123 Å². The normalized spacial score (nSPS) is 19.0. The van der Waals surface area contributed by atoms with Gasteiger partial charge in [-0.15, -0.1) is 0 Å². The SMILES string of the molecule is C.Nc1nc(N)c(C(=O)N[C@H]2CCC[N+](CCCc3ccc(OCC(=O)N4CCS(=O)(=O)CC4)cc3)(CCCc3ccc(OCC(=O)N4CCS(=O)(=O)CC4)cc3)C2)nc1Cl.[Cl-]. The van der Waals surface area contributed by atoms with Crippen molar-refractivity contribution in [1.29, 1.82) is 0 Å². The number of hydrogen-bond donors (Lipinski definition) is 3. The molecule has 1 atom stereocenters. The molecule has 6 rings (SSSR count). The lowest BCUT2D eigenvalue weighted by molar-refractivity contribution is -0.933. The van der Waals surface area contributed by atoms with E-state index in [2.05, 4.69) is 15.3 Å². The Morgan fingerprint density at radius 3 is 1.65 bits per heavy atom. The van der Waals surface area contributed by atoms with Crippen LogP contribution in [-0.2, 0) is 42.1 Å². The summed E-state index contributed by atoms with van der Waals surface area (Å²) in [4.78, 5) is 49.6. The highest BCUT2D eigenvalue weighted by Gasteiger charge is 2.36. The Hall–Kier alpha value is -4.43. The number of nitrogen functional groups attached to an aromatic ring is 2. The Bertz CT molecular complexity index is 2100. The molecule has 3 fully saturated rings. The van der Waals surface area contributed by atoms with Crippen LogP contribution in [0.15, 0.2) is 48.5 Å². The number of hydrogen-bond acceptors (Lipinski definition) is 13. The Labute approximate surface area is 375 Å². The fourth-order valence-electron chi connectivity index (χ4n) is 7.96. The van der Waals surface area contributed by atoms with Gasteiger partial charge in [0.05, 0.1) is 55.2 Å². The van der Waals surface area contributed by atoms with Crippen molar-refractivity contribution >= 4 is 60.6 Å². The Morgan fingerprint density at radius 1 is 0.742 bits per heavy atom. The van der Waals surface area contributed by atoms with Crippen LogP contribution < -0.4 is 38.7 Å². The fourth-order valence-corrected chi connectivity index (χ4v) is 10.5. The number of sulfone groups is 2. The number of anilines is 2. The highest BCUT2D eigenvalue weighted by Crippen LogP contribution is 2.25. The molecule has 0 bridgehead atoms. The van der Waals surface area contributed by atoms with Crippen molar-refractivity contribution < 1.29 is 57.6 Å². The van der Waals surface area contributed by atoms with Gasteiger partial charge < -0.3 is 52.9 Å². The van der Waals surface area contributed by atoms with Crippen LogP contribution in [0.25, 0.3) is 0 Å². The molecule has 3 aliphatic rings. The number of aryl methyl sites for hydroxylation is 2. The second kappa shape index (κ2) is 22.3. The molecule has 3 aromatic rings. The van der Waals surface area contributed by atoms with Crippen molar-refractivity contribution in [1.82, 2.24) is 25.1 Å². The molecular weight excluding hydrogens is 884 g/mol. The molecule has 21 heteroatoms. The van der Waals surface area contributed by atoms with Gasteiger partial charge in [0.25, 0.3) is 17.7 Å². The van der Waals surface area contributed by atoms with Gasteiger partial charge in [-0.2, -0.15) is 0 Å². The quantitative estimate of drug-likeness (QED) is 0.149. The van der Waals surface area contributed by atoms with E-state index in [4.69, 9.17) is 32.5 Å². The van der Waals surface area contributed by atoms with Crippen LogP contribution >= 0.6 is 11.6 Å². The zero-order chi connectivity index (χ0) is 42.9. The predicted octanol–water partition coefficient (Wildman–Crippen LogP) is -0.819. The average Bonchev–Trinajstić information content (AvgIpc) is 3.21. The third-order valence-electron chi connectivity index (χ3n) is 11.4. The molecule has 0 unspecified atom stereocenters. The first-order chi connectivity index (χ1) is 28.6. The number of nitrogens with zero attached hydrogens (tertiary/aromatic N) is 5. The summed E-state index contributed by atoms with van der Waals surface area (Å²) in [7, 11) is -6.16. The summed E-state index contributed by atoms with van der Waals surface area (Å²) in [5, 5.41) is 3.04. The molecule has 2 aromatic carbocycles. The number of likely N-dealkylation sites (tertiary alicyclic amines) is 1. The summed E-state index contributed by atoms with van der Waals surface area (Å²) in [6, 6.07) is 15.2. The highest BCUT2D eigenvalue weighted by molar-refractivity contribution is 7.91. The molecular formula is C41H58Cl2N8O9S2. The largest absolute Gasteiger partial charge is 1.00 e. The van der Waals surface area contributed by atoms with Gasteiger partial charge in [-0.1, -0.05) is 43.3 Å². The monoisotopic (exact) mass is 940 g/mol. The lowest BCUT2D eigenvalue weighted by Gasteiger charge is -2.45. The van der Waals surface area contributed by atoms with Gasteiger partial charge in [-0.3, -0.25) is 14.4 Å². The van der Waals surface area contributed by atoms with Crippen LogP contribution in [0.5, 0.6) is 11.5 Å². The minimum absolute atomic E-state index is 0. The van der Waals surface area contributed by atoms with Crippen molar-refractivity contribution in [3.63, 3.8) is 0 Å². The van der Waals surface area contributed by atoms with Crippen LogP contribution in [0.3, 0.4) is 0 Å². The molecule has 3 saturated heterocycles. The van der Waals surface area contributed by atoms with Crippen LogP contribution in [0, 0.1) is 0 Å². The van der Waals surface area contributed by atoms with Gasteiger partial charge in [0.2, 0.25) is 0 Å². The second-order valence-corrected chi connectivity index (χ2v) is 20.7. The topological polar surface area (TPSA) is 234 Å². The molecule has 1 aromatic heterocycles. The number of aromatic nitrogens is 2. The number of nitrogens with two attached hydrogens (primary N) is 2. The van der Waals surface area contributed by atoms with E-state index in [1.807, 2.05) is 48.5 Å². The first kappa shape index (κ1) is 50.2. The lowest BCUT2D eigenvalue weighted by Crippen LogP contribution is -3.00. The van der Waals surface area contributed by atoms with Gasteiger partial charge in [0.1, 0.15) is 11.5 Å². The van der Waals surface area contributed by atoms with Gasteiger partial charge in [0, 0.05) is 39.0 Å². The van der Waals surface area contributed by atoms with Crippen molar-refractivity contribution in [2.75, 3.05) is 100 Å². The van der Waals surface area contributed by atoms with Crippen molar-refractivity contribution in [2.24, 2.45) is 0 Å². The molecule has 5 N–H and O–H groups in total.